The van der Waals surface area contributed by atoms with Gasteiger partial charge >= 0.3 is 0 Å². The minimum Gasteiger partial charge on any atom is -0.361 e. The molecule has 3 aliphatic heterocycles. The Morgan fingerprint density at radius 1 is 0.667 bits per heavy atom. The molecule has 0 amide bonds. The minimum absolute atomic E-state index is 0.764. The highest BCUT2D eigenvalue weighted by Crippen LogP contribution is 2.44. The number of para-hydroxylation sites is 1. The van der Waals surface area contributed by atoms with Crippen molar-refractivity contribution in [3.8, 4) is 0 Å². The van der Waals surface area contributed by atoms with E-state index in [1.165, 1.54) is 33.9 Å². The molecule has 0 saturated heterocycles. The molecule has 0 fully saturated rings. The van der Waals surface area contributed by atoms with Crippen molar-refractivity contribution < 1.29 is 0 Å². The Hall–Kier alpha value is -3.93. The number of nitrogens with zero attached hydrogens (tertiary/aromatic N) is 6. The molecule has 3 aromatic rings. The Labute approximate surface area is 195 Å². The zero-order valence-corrected chi connectivity index (χ0v) is 19.1. The van der Waals surface area contributed by atoms with Crippen LogP contribution in [0.25, 0.3) is 0 Å². The molecule has 6 nitrogen and oxygen atoms in total. The van der Waals surface area contributed by atoms with E-state index in [4.69, 9.17) is 0 Å². The van der Waals surface area contributed by atoms with Gasteiger partial charge in [0, 0.05) is 49.2 Å². The Bertz CT molecular complexity index is 1250. The highest BCUT2D eigenvalue weighted by atomic mass is 15.6. The maximum atomic E-state index is 4.40. The van der Waals surface area contributed by atoms with Gasteiger partial charge in [0.2, 0.25) is 0 Å². The summed E-state index contributed by atoms with van der Waals surface area (Å²) in [5, 5.41) is 6.35. The van der Waals surface area contributed by atoms with E-state index in [1.807, 2.05) is 18.4 Å². The van der Waals surface area contributed by atoms with Gasteiger partial charge in [-0.15, -0.1) is 0 Å². The van der Waals surface area contributed by atoms with Gasteiger partial charge in [-0.2, -0.15) is 5.10 Å². The van der Waals surface area contributed by atoms with Gasteiger partial charge in [0.25, 0.3) is 0 Å². The first-order chi connectivity index (χ1) is 16.2. The second-order valence-corrected chi connectivity index (χ2v) is 8.96. The van der Waals surface area contributed by atoms with Gasteiger partial charge in [0.1, 0.15) is 13.0 Å². The average molecular weight is 437 g/mol. The molecule has 0 N–H and O–H groups in total. The molecule has 0 atom stereocenters. The predicted molar refractivity (Wildman–Crippen MR) is 136 cm³/mol. The number of fused-ring (bicyclic) bond motifs is 2. The summed E-state index contributed by atoms with van der Waals surface area (Å²) in [7, 11) is 4.10. The summed E-state index contributed by atoms with van der Waals surface area (Å²) in [6, 6.07) is 24.5. The molecule has 0 bridgehead atoms. The molecule has 0 aromatic heterocycles. The lowest BCUT2D eigenvalue weighted by Gasteiger charge is -2.29. The van der Waals surface area contributed by atoms with Gasteiger partial charge in [-0.3, -0.25) is 5.01 Å². The van der Waals surface area contributed by atoms with Crippen LogP contribution < -0.4 is 14.7 Å². The fourth-order valence-corrected chi connectivity index (χ4v) is 4.87. The molecule has 3 aromatic carbocycles. The second-order valence-electron chi connectivity index (χ2n) is 8.96. The summed E-state index contributed by atoms with van der Waals surface area (Å²) in [5.41, 5.74) is 8.77. The van der Waals surface area contributed by atoms with Gasteiger partial charge in [-0.25, -0.2) is 0 Å². The van der Waals surface area contributed by atoms with Crippen LogP contribution in [0.1, 0.15) is 11.1 Å². The minimum atomic E-state index is 0.764. The van der Waals surface area contributed by atoms with Crippen molar-refractivity contribution in [3.05, 3.63) is 90.3 Å². The monoisotopic (exact) mass is 436 g/mol. The van der Waals surface area contributed by atoms with Gasteiger partial charge in [0.05, 0.1) is 12.4 Å². The van der Waals surface area contributed by atoms with E-state index >= 15 is 0 Å². The summed E-state index contributed by atoms with van der Waals surface area (Å²) in [4.78, 5) is 9.09. The van der Waals surface area contributed by atoms with Gasteiger partial charge in [-0.05, 0) is 60.4 Å². The quantitative estimate of drug-likeness (QED) is 0.571. The van der Waals surface area contributed by atoms with Crippen LogP contribution in [0.15, 0.2) is 84.2 Å². The van der Waals surface area contributed by atoms with Crippen molar-refractivity contribution >= 4 is 34.8 Å². The summed E-state index contributed by atoms with van der Waals surface area (Å²) < 4.78 is 0. The molecule has 166 valence electrons. The lowest BCUT2D eigenvalue weighted by atomic mass is 10.0. The van der Waals surface area contributed by atoms with Gasteiger partial charge < -0.3 is 19.6 Å². The third-order valence-electron chi connectivity index (χ3n) is 6.58. The van der Waals surface area contributed by atoms with Crippen LogP contribution in [-0.2, 0) is 12.8 Å². The molecular formula is C27H28N6. The normalized spacial score (nSPS) is 17.0. The number of hydrogen-bond donors (Lipinski definition) is 0. The maximum absolute atomic E-state index is 4.40. The molecule has 6 rings (SSSR count). The van der Waals surface area contributed by atoms with Crippen LogP contribution in [0.5, 0.6) is 0 Å². The largest absolute Gasteiger partial charge is 0.361 e. The highest BCUT2D eigenvalue weighted by molar-refractivity contribution is 5.87. The van der Waals surface area contributed by atoms with Crippen LogP contribution in [0, 0.1) is 0 Å². The molecule has 0 aliphatic carbocycles. The zero-order chi connectivity index (χ0) is 22.4. The fraction of sp³-hybridized carbons (Fsp3) is 0.222. The third-order valence-corrected chi connectivity index (χ3v) is 6.58. The third kappa shape index (κ3) is 3.57. The number of anilines is 5. The van der Waals surface area contributed by atoms with Crippen LogP contribution in [0.3, 0.4) is 0 Å². The Morgan fingerprint density at radius 2 is 1.45 bits per heavy atom. The van der Waals surface area contributed by atoms with Crippen molar-refractivity contribution in [2.45, 2.75) is 12.8 Å². The Morgan fingerprint density at radius 3 is 2.24 bits per heavy atom. The van der Waals surface area contributed by atoms with E-state index in [0.29, 0.717) is 0 Å². The molecule has 3 heterocycles. The number of aryl methyl sites for hydroxylation is 2. The molecule has 0 saturated carbocycles. The summed E-state index contributed by atoms with van der Waals surface area (Å²) >= 11 is 0. The van der Waals surface area contributed by atoms with E-state index in [0.717, 1.165) is 31.9 Å². The standard InChI is InChI=1S/C27H28N6/c1-29-14-15-31(19-29)23-7-5-8-25(16-23)33-26-9-4-3-6-21(26)10-11-22-12-13-24(17-27(22)33)32-18-28-30(2)20-32/h3-9,12-18H,10-11,19-20H2,1-2H3. The lowest BCUT2D eigenvalue weighted by molar-refractivity contribution is 0.393. The number of benzene rings is 3. The van der Waals surface area contributed by atoms with E-state index in [1.54, 1.807) is 0 Å². The van der Waals surface area contributed by atoms with Crippen LogP contribution >= 0.6 is 0 Å². The van der Waals surface area contributed by atoms with Gasteiger partial charge in [-0.1, -0.05) is 30.3 Å². The Kier molecular flexibility index (Phi) is 4.72. The van der Waals surface area contributed by atoms with E-state index in [2.05, 4.69) is 111 Å². The smallest absolute Gasteiger partial charge is 0.117 e. The first-order valence-corrected chi connectivity index (χ1v) is 11.4. The topological polar surface area (TPSA) is 28.6 Å². The second kappa shape index (κ2) is 7.89. The fourth-order valence-electron chi connectivity index (χ4n) is 4.87. The van der Waals surface area contributed by atoms with Crippen molar-refractivity contribution in [3.63, 3.8) is 0 Å². The van der Waals surface area contributed by atoms with E-state index in [9.17, 15) is 0 Å². The van der Waals surface area contributed by atoms with Gasteiger partial charge in [0.15, 0.2) is 0 Å². The van der Waals surface area contributed by atoms with Crippen molar-refractivity contribution in [1.82, 2.24) is 9.91 Å². The van der Waals surface area contributed by atoms with E-state index in [-0.39, 0.29) is 0 Å². The first-order valence-electron chi connectivity index (χ1n) is 11.4. The average Bonchev–Trinajstić information content (AvgIpc) is 3.43. The van der Waals surface area contributed by atoms with Crippen LogP contribution in [0.4, 0.5) is 28.4 Å². The summed E-state index contributed by atoms with van der Waals surface area (Å²) in [5.74, 6) is 0. The van der Waals surface area contributed by atoms with Crippen molar-refractivity contribution in [1.29, 1.82) is 0 Å². The van der Waals surface area contributed by atoms with Crippen LogP contribution in [0.2, 0.25) is 0 Å². The van der Waals surface area contributed by atoms with Crippen molar-refractivity contribution in [2.75, 3.05) is 42.1 Å². The summed E-state index contributed by atoms with van der Waals surface area (Å²) in [6.07, 6.45) is 8.23. The molecule has 0 unspecified atom stereocenters. The summed E-state index contributed by atoms with van der Waals surface area (Å²) in [6.45, 7) is 1.63. The Balaban J connectivity index is 1.48. The van der Waals surface area contributed by atoms with E-state index < -0.39 is 0 Å². The molecular weight excluding hydrogens is 408 g/mol. The SMILES string of the molecule is CN1C=CN(c2cccc(N3c4ccccc4CCc4ccc(N5C=NN(C)C5)cc43)c2)C1. The molecule has 3 aliphatic rings. The molecule has 6 heteroatoms. The zero-order valence-electron chi connectivity index (χ0n) is 19.1. The first kappa shape index (κ1) is 19.7. The molecule has 0 radical (unpaired) electrons. The number of hydrazone groups is 1. The number of hydrogen-bond acceptors (Lipinski definition) is 6. The highest BCUT2D eigenvalue weighted by Gasteiger charge is 2.24. The molecule has 0 spiro atoms. The van der Waals surface area contributed by atoms with Crippen LogP contribution in [-0.4, -0.2) is 43.7 Å². The van der Waals surface area contributed by atoms with Crippen molar-refractivity contribution in [2.24, 2.45) is 5.10 Å². The molecule has 33 heavy (non-hydrogen) atoms. The lowest BCUT2D eigenvalue weighted by Crippen LogP contribution is -2.24. The maximum Gasteiger partial charge on any atom is 0.117 e. The number of rotatable bonds is 3. The predicted octanol–water partition coefficient (Wildman–Crippen LogP) is 5.09.